The van der Waals surface area contributed by atoms with Crippen LogP contribution < -0.4 is 4.74 Å². The molecule has 1 saturated heterocycles. The SMILES string of the molecule is CCCCc1nc(C2CCN(CCCCc3cc4cc(C#N)ccc4n3C)CC2)cn1-c1ccc(Oc2ccc(Cl)cc2)cc1. The van der Waals surface area contributed by atoms with Crippen LogP contribution in [-0.2, 0) is 19.9 Å². The first-order valence-electron chi connectivity index (χ1n) is 16.3. The summed E-state index contributed by atoms with van der Waals surface area (Å²) in [5.74, 6) is 3.23. The molecule has 0 bridgehead atoms. The van der Waals surface area contributed by atoms with Crippen LogP contribution in [0.2, 0.25) is 5.02 Å². The van der Waals surface area contributed by atoms with Gasteiger partial charge in [0, 0.05) is 52.9 Å². The van der Waals surface area contributed by atoms with E-state index in [0.717, 1.165) is 92.1 Å². The molecule has 0 saturated carbocycles. The Balaban J connectivity index is 1.02. The van der Waals surface area contributed by atoms with Crippen LogP contribution >= 0.6 is 11.6 Å². The van der Waals surface area contributed by atoms with E-state index in [1.165, 1.54) is 29.7 Å². The second-order valence-corrected chi connectivity index (χ2v) is 12.7. The summed E-state index contributed by atoms with van der Waals surface area (Å²) in [4.78, 5) is 7.83. The number of unbranched alkanes of at least 4 members (excludes halogenated alkanes) is 2. The predicted octanol–water partition coefficient (Wildman–Crippen LogP) is 9.23. The molecule has 0 N–H and O–H groups in total. The maximum Gasteiger partial charge on any atom is 0.127 e. The third-order valence-electron chi connectivity index (χ3n) is 9.15. The molecule has 6 nitrogen and oxygen atoms in total. The summed E-state index contributed by atoms with van der Waals surface area (Å²) in [5.41, 5.74) is 5.63. The highest BCUT2D eigenvalue weighted by Gasteiger charge is 2.24. The van der Waals surface area contributed by atoms with Crippen LogP contribution in [-0.4, -0.2) is 38.7 Å². The number of fused-ring (bicyclic) bond motifs is 1. The van der Waals surface area contributed by atoms with E-state index in [2.05, 4.69) is 64.5 Å². The molecule has 6 rings (SSSR count). The Morgan fingerprint density at radius 1 is 0.911 bits per heavy atom. The van der Waals surface area contributed by atoms with Crippen molar-refractivity contribution in [2.75, 3.05) is 19.6 Å². The van der Waals surface area contributed by atoms with Gasteiger partial charge in [-0.15, -0.1) is 0 Å². The summed E-state index contributed by atoms with van der Waals surface area (Å²) in [5, 5.41) is 11.1. The molecule has 3 aromatic carbocycles. The fourth-order valence-corrected chi connectivity index (χ4v) is 6.62. The van der Waals surface area contributed by atoms with Crippen molar-refractivity contribution >= 4 is 22.5 Å². The largest absolute Gasteiger partial charge is 0.457 e. The summed E-state index contributed by atoms with van der Waals surface area (Å²) >= 11 is 6.01. The number of aryl methyl sites for hydroxylation is 3. The van der Waals surface area contributed by atoms with Crippen LogP contribution in [0.1, 0.15) is 74.1 Å². The molecule has 0 radical (unpaired) electrons. The normalized spacial score (nSPS) is 14.2. The molecule has 0 aliphatic carbocycles. The second kappa shape index (κ2) is 14.4. The first-order chi connectivity index (χ1) is 22.0. The van der Waals surface area contributed by atoms with Crippen LogP contribution in [0.5, 0.6) is 11.5 Å². The molecule has 45 heavy (non-hydrogen) atoms. The zero-order valence-corrected chi connectivity index (χ0v) is 27.1. The van der Waals surface area contributed by atoms with E-state index >= 15 is 0 Å². The molecule has 232 valence electrons. The van der Waals surface area contributed by atoms with E-state index in [1.54, 1.807) is 0 Å². The zero-order valence-electron chi connectivity index (χ0n) is 26.4. The van der Waals surface area contributed by atoms with Gasteiger partial charge in [-0.25, -0.2) is 4.98 Å². The number of likely N-dealkylation sites (tertiary alicyclic amines) is 1. The molecule has 0 amide bonds. The van der Waals surface area contributed by atoms with Crippen molar-refractivity contribution in [2.45, 2.75) is 64.2 Å². The number of ether oxygens (including phenoxy) is 1. The number of nitrogens with zero attached hydrogens (tertiary/aromatic N) is 5. The number of nitriles is 1. The summed E-state index contributed by atoms with van der Waals surface area (Å²) in [6.07, 6.45) is 11.3. The number of halogens is 1. The molecule has 2 aromatic heterocycles. The van der Waals surface area contributed by atoms with E-state index in [1.807, 2.05) is 48.5 Å². The maximum atomic E-state index is 9.22. The van der Waals surface area contributed by atoms with Gasteiger partial charge in [-0.05, 0) is 131 Å². The Labute approximate surface area is 271 Å². The van der Waals surface area contributed by atoms with E-state index in [-0.39, 0.29) is 0 Å². The Kier molecular flexibility index (Phi) is 9.88. The third kappa shape index (κ3) is 7.44. The van der Waals surface area contributed by atoms with Gasteiger partial charge in [-0.3, -0.25) is 0 Å². The number of piperidine rings is 1. The smallest absolute Gasteiger partial charge is 0.127 e. The monoisotopic (exact) mass is 619 g/mol. The van der Waals surface area contributed by atoms with E-state index in [9.17, 15) is 5.26 Å². The molecule has 0 spiro atoms. The van der Waals surface area contributed by atoms with Crippen molar-refractivity contribution in [3.05, 3.63) is 107 Å². The number of hydrogen-bond donors (Lipinski definition) is 0. The molecule has 1 aliphatic heterocycles. The predicted molar refractivity (Wildman–Crippen MR) is 183 cm³/mol. The summed E-state index contributed by atoms with van der Waals surface area (Å²) in [6.45, 7) is 5.64. The van der Waals surface area contributed by atoms with Crippen molar-refractivity contribution < 1.29 is 4.74 Å². The highest BCUT2D eigenvalue weighted by molar-refractivity contribution is 6.30. The topological polar surface area (TPSA) is 59.0 Å². The molecular formula is C38H42ClN5O. The first kappa shape index (κ1) is 31.0. The van der Waals surface area contributed by atoms with Crippen molar-refractivity contribution in [3.63, 3.8) is 0 Å². The van der Waals surface area contributed by atoms with Gasteiger partial charge in [-0.2, -0.15) is 5.26 Å². The first-order valence-corrected chi connectivity index (χ1v) is 16.7. The lowest BCUT2D eigenvalue weighted by molar-refractivity contribution is 0.207. The Morgan fingerprint density at radius 2 is 1.64 bits per heavy atom. The lowest BCUT2D eigenvalue weighted by Crippen LogP contribution is -2.33. The molecule has 1 fully saturated rings. The number of hydrogen-bond acceptors (Lipinski definition) is 4. The fraction of sp³-hybridized carbons (Fsp3) is 0.368. The summed E-state index contributed by atoms with van der Waals surface area (Å²) in [6, 6.07) is 26.2. The molecular weight excluding hydrogens is 578 g/mol. The molecule has 3 heterocycles. The van der Waals surface area contributed by atoms with Gasteiger partial charge in [0.2, 0.25) is 0 Å². The van der Waals surface area contributed by atoms with Crippen LogP contribution in [0.15, 0.2) is 79.0 Å². The van der Waals surface area contributed by atoms with Crippen LogP contribution in [0.25, 0.3) is 16.6 Å². The lowest BCUT2D eigenvalue weighted by atomic mass is 9.94. The lowest BCUT2D eigenvalue weighted by Gasteiger charge is -2.31. The van der Waals surface area contributed by atoms with E-state index in [0.29, 0.717) is 10.9 Å². The molecule has 1 aliphatic rings. The summed E-state index contributed by atoms with van der Waals surface area (Å²) in [7, 11) is 2.13. The minimum atomic E-state index is 0.504. The van der Waals surface area contributed by atoms with Gasteiger partial charge in [0.05, 0.1) is 17.3 Å². The fourth-order valence-electron chi connectivity index (χ4n) is 6.49. The van der Waals surface area contributed by atoms with Crippen LogP contribution in [0, 0.1) is 11.3 Å². The quantitative estimate of drug-likeness (QED) is 0.131. The van der Waals surface area contributed by atoms with Gasteiger partial charge >= 0.3 is 0 Å². The van der Waals surface area contributed by atoms with Gasteiger partial charge < -0.3 is 18.8 Å². The second-order valence-electron chi connectivity index (χ2n) is 12.3. The van der Waals surface area contributed by atoms with E-state index in [4.69, 9.17) is 21.3 Å². The minimum Gasteiger partial charge on any atom is -0.457 e. The number of rotatable bonds is 12. The van der Waals surface area contributed by atoms with E-state index < -0.39 is 0 Å². The summed E-state index contributed by atoms with van der Waals surface area (Å²) < 4.78 is 10.6. The average Bonchev–Trinajstić information content (AvgIpc) is 3.64. The maximum absolute atomic E-state index is 9.22. The number of aromatic nitrogens is 3. The Bertz CT molecular complexity index is 1760. The minimum absolute atomic E-state index is 0.504. The van der Waals surface area contributed by atoms with Crippen molar-refractivity contribution in [1.29, 1.82) is 5.26 Å². The van der Waals surface area contributed by atoms with Crippen LogP contribution in [0.4, 0.5) is 0 Å². The molecule has 0 atom stereocenters. The molecule has 0 unspecified atom stereocenters. The van der Waals surface area contributed by atoms with Gasteiger partial charge in [-0.1, -0.05) is 24.9 Å². The number of benzene rings is 3. The molecule has 5 aromatic rings. The highest BCUT2D eigenvalue weighted by atomic mass is 35.5. The Morgan fingerprint density at radius 3 is 2.36 bits per heavy atom. The number of imidazole rings is 1. The van der Waals surface area contributed by atoms with Crippen molar-refractivity contribution in [2.24, 2.45) is 7.05 Å². The standard InChI is InChI=1S/C38H42ClN5O/c1-3-4-8-38-41-36(27-44(38)32-12-16-35(17-13-32)45-34-14-10-31(39)11-15-34)29-19-22-43(23-20-29)21-6-5-7-33-25-30-24-28(26-40)9-18-37(30)42(33)2/h9-18,24-25,27,29H,3-8,19-23H2,1-2H3. The van der Waals surface area contributed by atoms with Gasteiger partial charge in [0.15, 0.2) is 0 Å². The average molecular weight is 620 g/mol. The molecule has 7 heteroatoms. The van der Waals surface area contributed by atoms with Gasteiger partial charge in [0.1, 0.15) is 17.3 Å². The van der Waals surface area contributed by atoms with Crippen molar-refractivity contribution in [3.8, 4) is 23.3 Å². The van der Waals surface area contributed by atoms with Gasteiger partial charge in [0.25, 0.3) is 0 Å². The third-order valence-corrected chi connectivity index (χ3v) is 9.40. The zero-order chi connectivity index (χ0) is 31.2. The Hall–Kier alpha value is -4.05. The van der Waals surface area contributed by atoms with Crippen molar-refractivity contribution in [1.82, 2.24) is 19.0 Å². The van der Waals surface area contributed by atoms with Crippen LogP contribution in [0.3, 0.4) is 0 Å². The highest BCUT2D eigenvalue weighted by Crippen LogP contribution is 2.30.